The van der Waals surface area contributed by atoms with Crippen molar-refractivity contribution >= 4 is 21.6 Å². The molecule has 1 aromatic rings. The van der Waals surface area contributed by atoms with Crippen LogP contribution in [0.1, 0.15) is 19.3 Å². The minimum absolute atomic E-state index is 0.0822. The van der Waals surface area contributed by atoms with Gasteiger partial charge in [-0.25, -0.2) is 8.42 Å². The van der Waals surface area contributed by atoms with E-state index in [1.54, 1.807) is 29.2 Å². The summed E-state index contributed by atoms with van der Waals surface area (Å²) in [6, 6.07) is 6.46. The van der Waals surface area contributed by atoms with E-state index in [4.69, 9.17) is 5.73 Å². The molecular formula is C14H19N3O3S. The summed E-state index contributed by atoms with van der Waals surface area (Å²) >= 11 is 0. The van der Waals surface area contributed by atoms with E-state index in [0.29, 0.717) is 32.5 Å². The first-order valence-corrected chi connectivity index (χ1v) is 8.58. The highest BCUT2D eigenvalue weighted by Gasteiger charge is 2.31. The summed E-state index contributed by atoms with van der Waals surface area (Å²) in [6.07, 6.45) is 2.11. The second-order valence-corrected chi connectivity index (χ2v) is 7.49. The van der Waals surface area contributed by atoms with Gasteiger partial charge >= 0.3 is 0 Å². The second kappa shape index (κ2) is 5.40. The molecule has 0 aromatic heterocycles. The summed E-state index contributed by atoms with van der Waals surface area (Å²) in [7, 11) is -3.48. The fourth-order valence-electron chi connectivity index (χ4n) is 2.84. The average molecular weight is 309 g/mol. The Morgan fingerprint density at radius 3 is 2.38 bits per heavy atom. The Hall–Kier alpha value is -1.44. The monoisotopic (exact) mass is 309 g/mol. The van der Waals surface area contributed by atoms with Crippen molar-refractivity contribution in [3.8, 4) is 0 Å². The van der Waals surface area contributed by atoms with Crippen LogP contribution in [-0.4, -0.2) is 44.3 Å². The van der Waals surface area contributed by atoms with E-state index in [-0.39, 0.29) is 16.8 Å². The first-order chi connectivity index (χ1) is 9.98. The van der Waals surface area contributed by atoms with E-state index < -0.39 is 10.0 Å². The molecule has 2 fully saturated rings. The molecule has 0 spiro atoms. The summed E-state index contributed by atoms with van der Waals surface area (Å²) in [6.45, 7) is 1.54. The highest BCUT2D eigenvalue weighted by molar-refractivity contribution is 7.89. The van der Waals surface area contributed by atoms with Gasteiger partial charge in [0.15, 0.2) is 0 Å². The van der Waals surface area contributed by atoms with Gasteiger partial charge < -0.3 is 10.6 Å². The Labute approximate surface area is 124 Å². The standard InChI is InChI=1S/C14H19N3O3S/c15-11-7-9-16(10-11)21(19,20)13-5-3-12(4-6-13)17-8-1-2-14(17)18/h3-6,11H,1-2,7-10,15H2/t11-/m0/s1. The van der Waals surface area contributed by atoms with Crippen molar-refractivity contribution in [1.29, 1.82) is 0 Å². The summed E-state index contributed by atoms with van der Waals surface area (Å²) in [5.41, 5.74) is 6.53. The Morgan fingerprint density at radius 1 is 1.14 bits per heavy atom. The van der Waals surface area contributed by atoms with Crippen LogP contribution in [0.25, 0.3) is 0 Å². The summed E-state index contributed by atoms with van der Waals surface area (Å²) in [4.78, 5) is 13.6. The number of benzene rings is 1. The Kier molecular flexibility index (Phi) is 3.73. The highest BCUT2D eigenvalue weighted by atomic mass is 32.2. The van der Waals surface area contributed by atoms with Crippen LogP contribution in [-0.2, 0) is 14.8 Å². The fourth-order valence-corrected chi connectivity index (χ4v) is 4.35. The molecule has 6 nitrogen and oxygen atoms in total. The molecule has 2 aliphatic heterocycles. The van der Waals surface area contributed by atoms with Crippen LogP contribution in [0, 0.1) is 0 Å². The maximum atomic E-state index is 12.5. The van der Waals surface area contributed by atoms with Crippen LogP contribution in [0.2, 0.25) is 0 Å². The van der Waals surface area contributed by atoms with E-state index in [2.05, 4.69) is 0 Å². The normalized spacial score (nSPS) is 24.0. The summed E-state index contributed by atoms with van der Waals surface area (Å²) in [5, 5.41) is 0. The van der Waals surface area contributed by atoms with Crippen molar-refractivity contribution in [3.63, 3.8) is 0 Å². The Bertz CT molecular complexity index is 642. The van der Waals surface area contributed by atoms with Gasteiger partial charge in [-0.2, -0.15) is 4.31 Å². The number of sulfonamides is 1. The predicted octanol–water partition coefficient (Wildman–Crippen LogP) is 0.535. The molecule has 2 saturated heterocycles. The molecule has 2 heterocycles. The Balaban J connectivity index is 1.82. The molecule has 1 amide bonds. The lowest BCUT2D eigenvalue weighted by molar-refractivity contribution is -0.117. The van der Waals surface area contributed by atoms with E-state index in [1.165, 1.54) is 4.31 Å². The second-order valence-electron chi connectivity index (χ2n) is 5.55. The molecule has 1 atom stereocenters. The van der Waals surface area contributed by atoms with Crippen LogP contribution in [0.15, 0.2) is 29.2 Å². The number of hydrogen-bond donors (Lipinski definition) is 1. The van der Waals surface area contributed by atoms with Crippen molar-refractivity contribution in [2.45, 2.75) is 30.2 Å². The molecule has 7 heteroatoms. The number of carbonyl (C=O) groups is 1. The van der Waals surface area contributed by atoms with Crippen LogP contribution >= 0.6 is 0 Å². The molecule has 2 aliphatic rings. The lowest BCUT2D eigenvalue weighted by Gasteiger charge is -2.18. The molecule has 3 rings (SSSR count). The minimum atomic E-state index is -3.48. The van der Waals surface area contributed by atoms with Crippen LogP contribution in [0.3, 0.4) is 0 Å². The quantitative estimate of drug-likeness (QED) is 0.883. The van der Waals surface area contributed by atoms with Crippen LogP contribution in [0.5, 0.6) is 0 Å². The van der Waals surface area contributed by atoms with Gasteiger partial charge in [-0.05, 0) is 37.1 Å². The molecule has 0 unspecified atom stereocenters. The first-order valence-electron chi connectivity index (χ1n) is 7.14. The van der Waals surface area contributed by atoms with Crippen molar-refractivity contribution in [3.05, 3.63) is 24.3 Å². The zero-order chi connectivity index (χ0) is 15.0. The summed E-state index contributed by atoms with van der Waals surface area (Å²) in [5.74, 6) is 0.0936. The smallest absolute Gasteiger partial charge is 0.243 e. The van der Waals surface area contributed by atoms with Gasteiger partial charge in [0.1, 0.15) is 0 Å². The van der Waals surface area contributed by atoms with Gasteiger partial charge in [-0.3, -0.25) is 4.79 Å². The van der Waals surface area contributed by atoms with Gasteiger partial charge in [-0.15, -0.1) is 0 Å². The molecule has 21 heavy (non-hydrogen) atoms. The third-order valence-electron chi connectivity index (χ3n) is 4.05. The number of rotatable bonds is 3. The minimum Gasteiger partial charge on any atom is -0.326 e. The maximum absolute atomic E-state index is 12.5. The topological polar surface area (TPSA) is 83.7 Å². The van der Waals surface area contributed by atoms with Crippen molar-refractivity contribution < 1.29 is 13.2 Å². The van der Waals surface area contributed by atoms with Crippen LogP contribution in [0.4, 0.5) is 5.69 Å². The van der Waals surface area contributed by atoms with E-state index in [1.807, 2.05) is 0 Å². The lowest BCUT2D eigenvalue weighted by atomic mass is 10.3. The van der Waals surface area contributed by atoms with Gasteiger partial charge in [-0.1, -0.05) is 0 Å². The SMILES string of the molecule is N[C@H]1CCN(S(=O)(=O)c2ccc(N3CCCC3=O)cc2)C1. The first kappa shape index (κ1) is 14.5. The number of anilines is 1. The number of nitrogens with zero attached hydrogens (tertiary/aromatic N) is 2. The van der Waals surface area contributed by atoms with E-state index in [0.717, 1.165) is 12.1 Å². The number of carbonyl (C=O) groups excluding carboxylic acids is 1. The van der Waals surface area contributed by atoms with Crippen LogP contribution < -0.4 is 10.6 Å². The average Bonchev–Trinajstić information content (AvgIpc) is 3.08. The molecule has 2 N–H and O–H groups in total. The van der Waals surface area contributed by atoms with Crippen molar-refractivity contribution in [1.82, 2.24) is 4.31 Å². The lowest BCUT2D eigenvalue weighted by Crippen LogP contribution is -2.32. The summed E-state index contributed by atoms with van der Waals surface area (Å²) < 4.78 is 26.4. The zero-order valence-corrected chi connectivity index (χ0v) is 12.6. The molecule has 0 radical (unpaired) electrons. The molecule has 0 bridgehead atoms. The van der Waals surface area contributed by atoms with E-state index >= 15 is 0 Å². The van der Waals surface area contributed by atoms with Crippen molar-refractivity contribution in [2.75, 3.05) is 24.5 Å². The molecule has 0 saturated carbocycles. The molecule has 0 aliphatic carbocycles. The Morgan fingerprint density at radius 2 is 1.86 bits per heavy atom. The third kappa shape index (κ3) is 2.68. The molecular weight excluding hydrogens is 290 g/mol. The molecule has 1 aromatic carbocycles. The predicted molar refractivity (Wildman–Crippen MR) is 79.4 cm³/mol. The maximum Gasteiger partial charge on any atom is 0.243 e. The largest absolute Gasteiger partial charge is 0.326 e. The third-order valence-corrected chi connectivity index (χ3v) is 5.93. The van der Waals surface area contributed by atoms with Gasteiger partial charge in [0.25, 0.3) is 0 Å². The fraction of sp³-hybridized carbons (Fsp3) is 0.500. The molecule has 114 valence electrons. The zero-order valence-electron chi connectivity index (χ0n) is 11.7. The van der Waals surface area contributed by atoms with Crippen molar-refractivity contribution in [2.24, 2.45) is 5.73 Å². The number of amides is 1. The highest BCUT2D eigenvalue weighted by Crippen LogP contribution is 2.25. The van der Waals surface area contributed by atoms with E-state index in [9.17, 15) is 13.2 Å². The van der Waals surface area contributed by atoms with Gasteiger partial charge in [0, 0.05) is 37.8 Å². The number of hydrogen-bond acceptors (Lipinski definition) is 4. The number of nitrogens with two attached hydrogens (primary N) is 1. The van der Waals surface area contributed by atoms with Gasteiger partial charge in [0.2, 0.25) is 15.9 Å². The van der Waals surface area contributed by atoms with Gasteiger partial charge in [0.05, 0.1) is 4.90 Å².